The van der Waals surface area contributed by atoms with Gasteiger partial charge in [0.05, 0.1) is 0 Å². The summed E-state index contributed by atoms with van der Waals surface area (Å²) < 4.78 is 0. The van der Waals surface area contributed by atoms with E-state index >= 15 is 0 Å². The number of benzene rings is 2. The molecule has 1 aliphatic rings. The van der Waals surface area contributed by atoms with E-state index in [1.54, 1.807) is 10.5 Å². The number of hydrogen-bond acceptors (Lipinski definition) is 0. The van der Waals surface area contributed by atoms with Crippen molar-refractivity contribution in [3.8, 4) is 11.1 Å². The van der Waals surface area contributed by atoms with Gasteiger partial charge in [-0.2, -0.15) is 11.1 Å². The van der Waals surface area contributed by atoms with Crippen molar-refractivity contribution < 1.29 is 46.4 Å². The van der Waals surface area contributed by atoms with Crippen molar-refractivity contribution in [3.63, 3.8) is 0 Å². The first-order valence-electron chi connectivity index (χ1n) is 12.9. The third kappa shape index (κ3) is 11.5. The van der Waals surface area contributed by atoms with Crippen LogP contribution in [-0.4, -0.2) is 9.98 Å². The average molecular weight is 661 g/mol. The van der Waals surface area contributed by atoms with E-state index in [4.69, 9.17) is 0 Å². The molecule has 0 fully saturated rings. The minimum atomic E-state index is -0.389. The second kappa shape index (κ2) is 19.6. The SMILES string of the molecule is CC1=[C-]C(C)C(C)=C1C.CCC[CH2][Ge](=[Zr+2])[CH2]CCC.[Cl-].[Cl-].c1ccc(-c2c[cH-]c3ccccc23)cc1. The maximum atomic E-state index is 3.36. The molecule has 0 N–H and O–H groups in total. The third-order valence-corrected chi connectivity index (χ3v) is 17.1. The van der Waals surface area contributed by atoms with Crippen LogP contribution in [0, 0.1) is 12.0 Å². The van der Waals surface area contributed by atoms with Crippen LogP contribution < -0.4 is 24.8 Å². The Kier molecular flexibility index (Phi) is 19.3. The molecule has 1 unspecified atom stereocenters. The fourth-order valence-corrected chi connectivity index (χ4v) is 12.4. The van der Waals surface area contributed by atoms with Gasteiger partial charge in [0, 0.05) is 0 Å². The van der Waals surface area contributed by atoms with E-state index in [-0.39, 0.29) is 34.8 Å². The Bertz CT molecular complexity index is 1090. The largest absolute Gasteiger partial charge is 1.00 e. The molecule has 0 saturated heterocycles. The van der Waals surface area contributed by atoms with Gasteiger partial charge in [0.25, 0.3) is 0 Å². The predicted octanol–water partition coefficient (Wildman–Crippen LogP) is 4.08. The molecule has 1 atom stereocenters. The Morgan fingerprint density at radius 3 is 1.89 bits per heavy atom. The maximum absolute atomic E-state index is 3.36. The fourth-order valence-electron chi connectivity index (χ4n) is 4.09. The maximum Gasteiger partial charge on any atom is -0.0623 e. The van der Waals surface area contributed by atoms with Crippen LogP contribution in [0.4, 0.5) is 0 Å². The summed E-state index contributed by atoms with van der Waals surface area (Å²) in [7, 11) is -0.389. The van der Waals surface area contributed by atoms with Crippen LogP contribution in [0.15, 0.2) is 83.4 Å². The van der Waals surface area contributed by atoms with E-state index in [1.807, 2.05) is 21.6 Å². The Morgan fingerprint density at radius 2 is 1.42 bits per heavy atom. The van der Waals surface area contributed by atoms with E-state index in [0.717, 1.165) is 0 Å². The minimum absolute atomic E-state index is 0. The van der Waals surface area contributed by atoms with Crippen molar-refractivity contribution in [1.29, 1.82) is 0 Å². The molecule has 0 aromatic heterocycles. The Hall–Kier alpha value is -0.464. The van der Waals surface area contributed by atoms with Crippen molar-refractivity contribution in [2.24, 2.45) is 5.92 Å². The molecule has 0 nitrogen and oxygen atoms in total. The standard InChI is InChI=1S/C15H11.C9H13.C8H18Ge.2ClH.Zr/c1-2-6-12(7-3-1)15-11-10-13-8-4-5-9-14(13)15;1-6-5-7(2)9(4)8(6)3;1-3-5-7-9-8-6-4-2;;;/h1-11H;6H,1-4H3;3-8H2,1-2H3;2*1H;/q2*-1;;;;+2/p-2. The summed E-state index contributed by atoms with van der Waals surface area (Å²) in [6.45, 7) is 13.3. The minimum Gasteiger partial charge on any atom is -1.00 e. The van der Waals surface area contributed by atoms with Crippen LogP contribution in [0.5, 0.6) is 0 Å². The molecular formula is C32H42Cl2GeZr-2. The number of halogens is 2. The number of fused-ring (bicyclic) bond motifs is 1. The molecule has 0 radical (unpaired) electrons. The quantitative estimate of drug-likeness (QED) is 0.265. The molecule has 4 heteroatoms. The monoisotopic (exact) mass is 660 g/mol. The summed E-state index contributed by atoms with van der Waals surface area (Å²) in [5, 5.41) is 5.95. The molecule has 0 aliphatic heterocycles. The number of hydrogen-bond donors (Lipinski definition) is 0. The number of allylic oxidation sites excluding steroid dienone is 4. The number of rotatable bonds is 7. The summed E-state index contributed by atoms with van der Waals surface area (Å²) in [6.07, 6.45) is 9.22. The Balaban J connectivity index is 0.000000521. The molecular weight excluding hydrogens is 619 g/mol. The third-order valence-electron chi connectivity index (χ3n) is 6.67. The molecule has 0 heterocycles. The van der Waals surface area contributed by atoms with Gasteiger partial charge in [-0.05, 0) is 0 Å². The van der Waals surface area contributed by atoms with Gasteiger partial charge in [-0.3, -0.25) is 6.08 Å². The fraction of sp³-hybridized carbons (Fsp3) is 0.406. The van der Waals surface area contributed by atoms with Gasteiger partial charge < -0.3 is 24.8 Å². The second-order valence-electron chi connectivity index (χ2n) is 9.31. The molecule has 0 bridgehead atoms. The van der Waals surface area contributed by atoms with E-state index in [0.29, 0.717) is 5.92 Å². The summed E-state index contributed by atoms with van der Waals surface area (Å²) in [6, 6.07) is 23.4. The van der Waals surface area contributed by atoms with Gasteiger partial charge >= 0.3 is 81.6 Å². The van der Waals surface area contributed by atoms with Gasteiger partial charge in [0.1, 0.15) is 0 Å². The van der Waals surface area contributed by atoms with Crippen LogP contribution in [0.3, 0.4) is 0 Å². The van der Waals surface area contributed by atoms with Gasteiger partial charge in [0.2, 0.25) is 0 Å². The summed E-state index contributed by atoms with van der Waals surface area (Å²) in [4.78, 5) is 0. The molecule has 4 rings (SSSR count). The van der Waals surface area contributed by atoms with E-state index in [2.05, 4.69) is 114 Å². The van der Waals surface area contributed by atoms with Crippen LogP contribution in [0.25, 0.3) is 21.9 Å². The van der Waals surface area contributed by atoms with Gasteiger partial charge in [-0.25, -0.2) is 5.57 Å². The first kappa shape index (κ1) is 35.5. The number of unbranched alkanes of at least 4 members (excludes halogenated alkanes) is 2. The van der Waals surface area contributed by atoms with Crippen molar-refractivity contribution >= 4 is 20.7 Å². The van der Waals surface area contributed by atoms with Gasteiger partial charge in [-0.1, -0.05) is 68.7 Å². The zero-order valence-electron chi connectivity index (χ0n) is 22.9. The first-order valence-corrected chi connectivity index (χ1v) is 23.3. The normalized spacial score (nSPS) is 14.0. The zero-order chi connectivity index (χ0) is 24.9. The molecule has 36 heavy (non-hydrogen) atoms. The van der Waals surface area contributed by atoms with Crippen molar-refractivity contribution in [2.75, 3.05) is 0 Å². The van der Waals surface area contributed by atoms with Crippen molar-refractivity contribution in [1.82, 2.24) is 0 Å². The Morgan fingerprint density at radius 1 is 0.861 bits per heavy atom. The van der Waals surface area contributed by atoms with Crippen molar-refractivity contribution in [2.45, 2.75) is 77.7 Å². The summed E-state index contributed by atoms with van der Waals surface area (Å²) in [5.74, 6) is 0.560. The molecule has 3 aromatic rings. The second-order valence-corrected chi connectivity index (χ2v) is 23.0. The molecule has 3 aromatic carbocycles. The Labute approximate surface area is 249 Å². The summed E-state index contributed by atoms with van der Waals surface area (Å²) >= 11 is 1.92. The van der Waals surface area contributed by atoms with Gasteiger partial charge in [-0.15, -0.1) is 53.6 Å². The van der Waals surface area contributed by atoms with Crippen molar-refractivity contribution in [3.05, 3.63) is 89.5 Å². The van der Waals surface area contributed by atoms with E-state index < -0.39 is 0 Å². The van der Waals surface area contributed by atoms with Gasteiger partial charge in [0.15, 0.2) is 0 Å². The van der Waals surface area contributed by atoms with Crippen LogP contribution in [0.1, 0.15) is 67.2 Å². The molecule has 0 saturated carbocycles. The molecule has 194 valence electrons. The molecule has 0 amide bonds. The first-order chi connectivity index (χ1) is 16.4. The molecule has 1 aliphatic carbocycles. The average Bonchev–Trinajstić information content (AvgIpc) is 3.39. The zero-order valence-corrected chi connectivity index (χ0v) is 29.0. The van der Waals surface area contributed by atoms with E-state index in [9.17, 15) is 0 Å². The predicted molar refractivity (Wildman–Crippen MR) is 150 cm³/mol. The van der Waals surface area contributed by atoms with Crippen LogP contribution in [-0.2, 0) is 21.6 Å². The van der Waals surface area contributed by atoms with Crippen LogP contribution in [0.2, 0.25) is 10.5 Å². The topological polar surface area (TPSA) is 0 Å². The van der Waals surface area contributed by atoms with E-state index in [1.165, 1.54) is 64.3 Å². The summed E-state index contributed by atoms with van der Waals surface area (Å²) in [5.41, 5.74) is 6.86. The van der Waals surface area contributed by atoms with Crippen LogP contribution >= 0.6 is 0 Å². The smallest absolute Gasteiger partial charge is 0.0623 e. The molecule has 0 spiro atoms.